The molecular weight excluding hydrogens is 470 g/mol. The summed E-state index contributed by atoms with van der Waals surface area (Å²) >= 11 is 12.4. The minimum atomic E-state index is -0.635. The van der Waals surface area contributed by atoms with E-state index in [9.17, 15) is 4.39 Å². The van der Waals surface area contributed by atoms with Crippen LogP contribution in [0.4, 0.5) is 10.2 Å². The van der Waals surface area contributed by atoms with Crippen LogP contribution in [0, 0.1) is 5.82 Å². The number of benzene rings is 1. The van der Waals surface area contributed by atoms with Crippen molar-refractivity contribution in [2.75, 3.05) is 32.5 Å². The molecule has 176 valence electrons. The molecule has 4 heterocycles. The van der Waals surface area contributed by atoms with Crippen molar-refractivity contribution in [1.29, 1.82) is 0 Å². The minimum Gasteiger partial charge on any atom is -0.482 e. The number of pyridine rings is 1. The Morgan fingerprint density at radius 2 is 2.12 bits per heavy atom. The van der Waals surface area contributed by atoms with E-state index in [1.807, 2.05) is 13.1 Å². The predicted octanol–water partition coefficient (Wildman–Crippen LogP) is 4.31. The number of anilines is 1. The maximum absolute atomic E-state index is 14.0. The van der Waals surface area contributed by atoms with Crippen LogP contribution in [0.2, 0.25) is 10.0 Å². The minimum absolute atomic E-state index is 0.0697. The van der Waals surface area contributed by atoms with E-state index in [-0.39, 0.29) is 29.1 Å². The number of rotatable bonds is 5. The third-order valence-electron chi connectivity index (χ3n) is 6.40. The zero-order valence-corrected chi connectivity index (χ0v) is 19.8. The SMILES string of the molecule is C[C@@H](Oc1cc(C2=CN(C3CO[C@H]4CCO[C@@H]34)N(C)C2)cnc1N)c1c(Cl)ccc(F)c1Cl. The molecule has 0 spiro atoms. The Morgan fingerprint density at radius 1 is 1.30 bits per heavy atom. The standard InChI is InChI=1S/C23H25Cl2FN4O3/c1-12(20-15(24)3-4-16(26)21(20)25)33-19-7-13(8-28-23(19)27)14-9-29(2)30(10-14)17-11-32-18-5-6-31-22(17)18/h3-4,7-8,10,12,17-18,22H,5-6,9,11H2,1-2H3,(H2,27,28)/t12-,17?,18+,22+/m1/s1. The summed E-state index contributed by atoms with van der Waals surface area (Å²) in [4.78, 5) is 4.32. The van der Waals surface area contributed by atoms with Crippen LogP contribution < -0.4 is 10.5 Å². The van der Waals surface area contributed by atoms with Crippen molar-refractivity contribution in [3.63, 3.8) is 0 Å². The molecule has 1 unspecified atom stereocenters. The molecule has 2 saturated heterocycles. The van der Waals surface area contributed by atoms with Gasteiger partial charge >= 0.3 is 0 Å². The highest BCUT2D eigenvalue weighted by Gasteiger charge is 2.46. The van der Waals surface area contributed by atoms with Crippen LogP contribution in [0.25, 0.3) is 5.57 Å². The molecule has 2 aromatic rings. The molecule has 0 aliphatic carbocycles. The maximum atomic E-state index is 14.0. The second-order valence-corrected chi connectivity index (χ2v) is 9.32. The highest BCUT2D eigenvalue weighted by molar-refractivity contribution is 6.36. The van der Waals surface area contributed by atoms with Crippen LogP contribution in [0.15, 0.2) is 30.6 Å². The van der Waals surface area contributed by atoms with Crippen molar-refractivity contribution < 1.29 is 18.6 Å². The topological polar surface area (TPSA) is 73.1 Å². The van der Waals surface area contributed by atoms with Gasteiger partial charge in [-0.2, -0.15) is 0 Å². The quantitative estimate of drug-likeness (QED) is 0.620. The molecule has 4 atom stereocenters. The molecule has 0 bridgehead atoms. The number of nitrogens with zero attached hydrogens (tertiary/aromatic N) is 3. The molecule has 7 nitrogen and oxygen atoms in total. The lowest BCUT2D eigenvalue weighted by molar-refractivity contribution is -0.0220. The molecule has 2 N–H and O–H groups in total. The average molecular weight is 495 g/mol. The first kappa shape index (κ1) is 22.7. The van der Waals surface area contributed by atoms with Crippen LogP contribution in [-0.2, 0) is 9.47 Å². The number of likely N-dealkylation sites (N-methyl/N-ethyl adjacent to an activating group) is 1. The molecule has 3 aliphatic rings. The normalized spacial score (nSPS) is 25.9. The number of nitrogens with two attached hydrogens (primary N) is 1. The summed E-state index contributed by atoms with van der Waals surface area (Å²) < 4.78 is 31.9. The lowest BCUT2D eigenvalue weighted by Crippen LogP contribution is -2.46. The van der Waals surface area contributed by atoms with Gasteiger partial charge in [-0.15, -0.1) is 0 Å². The van der Waals surface area contributed by atoms with Gasteiger partial charge in [0, 0.05) is 48.7 Å². The molecule has 0 radical (unpaired) electrons. The van der Waals surface area contributed by atoms with Crippen LogP contribution in [0.1, 0.15) is 30.6 Å². The van der Waals surface area contributed by atoms with Crippen molar-refractivity contribution in [3.8, 4) is 5.75 Å². The van der Waals surface area contributed by atoms with E-state index < -0.39 is 11.9 Å². The summed E-state index contributed by atoms with van der Waals surface area (Å²) in [6.07, 6.45) is 4.37. The Hall–Kier alpha value is -2.10. The molecule has 0 saturated carbocycles. The molecule has 5 rings (SSSR count). The first-order valence-corrected chi connectivity index (χ1v) is 11.6. The summed E-state index contributed by atoms with van der Waals surface area (Å²) in [6, 6.07) is 4.65. The largest absolute Gasteiger partial charge is 0.482 e. The summed E-state index contributed by atoms with van der Waals surface area (Å²) in [6.45, 7) is 3.79. The summed E-state index contributed by atoms with van der Waals surface area (Å²) in [7, 11) is 2.03. The smallest absolute Gasteiger partial charge is 0.166 e. The zero-order valence-electron chi connectivity index (χ0n) is 18.3. The van der Waals surface area contributed by atoms with Crippen molar-refractivity contribution in [2.24, 2.45) is 0 Å². The summed E-state index contributed by atoms with van der Waals surface area (Å²) in [5, 5.41) is 4.56. The first-order chi connectivity index (χ1) is 15.8. The van der Waals surface area contributed by atoms with E-state index in [1.54, 1.807) is 13.1 Å². The van der Waals surface area contributed by atoms with Gasteiger partial charge in [-0.05, 0) is 37.1 Å². The van der Waals surface area contributed by atoms with Gasteiger partial charge in [-0.3, -0.25) is 0 Å². The van der Waals surface area contributed by atoms with Gasteiger partial charge < -0.3 is 25.0 Å². The van der Waals surface area contributed by atoms with E-state index in [2.05, 4.69) is 21.2 Å². The molecule has 10 heteroatoms. The van der Waals surface area contributed by atoms with Crippen LogP contribution >= 0.6 is 23.2 Å². The lowest BCUT2D eigenvalue weighted by Gasteiger charge is -2.32. The average Bonchev–Trinajstić information content (AvgIpc) is 3.49. The van der Waals surface area contributed by atoms with Gasteiger partial charge in [0.1, 0.15) is 18.0 Å². The van der Waals surface area contributed by atoms with Gasteiger partial charge in [0.2, 0.25) is 0 Å². The van der Waals surface area contributed by atoms with Crippen molar-refractivity contribution in [1.82, 2.24) is 15.0 Å². The summed E-state index contributed by atoms with van der Waals surface area (Å²) in [5.74, 6) is 0.0428. The van der Waals surface area contributed by atoms with Gasteiger partial charge in [0.05, 0.1) is 23.8 Å². The number of hydrogen-bond donors (Lipinski definition) is 1. The van der Waals surface area contributed by atoms with E-state index in [0.717, 1.165) is 24.2 Å². The fourth-order valence-electron chi connectivity index (χ4n) is 4.70. The predicted molar refractivity (Wildman–Crippen MR) is 124 cm³/mol. The fraction of sp³-hybridized carbons (Fsp3) is 0.435. The van der Waals surface area contributed by atoms with E-state index in [0.29, 0.717) is 29.5 Å². The third kappa shape index (κ3) is 4.15. The number of hydrogen-bond acceptors (Lipinski definition) is 7. The number of nitrogen functional groups attached to an aromatic ring is 1. The second-order valence-electron chi connectivity index (χ2n) is 8.54. The number of hydrazine groups is 1. The van der Waals surface area contributed by atoms with Crippen LogP contribution in [-0.4, -0.2) is 60.1 Å². The van der Waals surface area contributed by atoms with Crippen molar-refractivity contribution in [2.45, 2.75) is 37.7 Å². The van der Waals surface area contributed by atoms with Gasteiger partial charge in [-0.25, -0.2) is 14.4 Å². The number of ether oxygens (including phenoxy) is 3. The molecule has 0 amide bonds. The van der Waals surface area contributed by atoms with E-state index in [1.165, 1.54) is 12.1 Å². The monoisotopic (exact) mass is 494 g/mol. The zero-order chi connectivity index (χ0) is 23.3. The number of aromatic nitrogens is 1. The number of fused-ring (bicyclic) bond motifs is 1. The molecule has 33 heavy (non-hydrogen) atoms. The van der Waals surface area contributed by atoms with Crippen molar-refractivity contribution >= 4 is 34.6 Å². The third-order valence-corrected chi connectivity index (χ3v) is 7.12. The number of halogens is 3. The van der Waals surface area contributed by atoms with Crippen LogP contribution in [0.3, 0.4) is 0 Å². The first-order valence-electron chi connectivity index (χ1n) is 10.8. The molecule has 2 fully saturated rings. The summed E-state index contributed by atoms with van der Waals surface area (Å²) in [5.41, 5.74) is 8.38. The Balaban J connectivity index is 1.38. The Bertz CT molecular complexity index is 1100. The molecule has 1 aromatic heterocycles. The Morgan fingerprint density at radius 3 is 2.94 bits per heavy atom. The highest BCUT2D eigenvalue weighted by atomic mass is 35.5. The fourth-order valence-corrected chi connectivity index (χ4v) is 5.38. The lowest BCUT2D eigenvalue weighted by atomic mass is 10.1. The Labute approximate surface area is 201 Å². The van der Waals surface area contributed by atoms with Crippen LogP contribution in [0.5, 0.6) is 5.75 Å². The molecule has 1 aromatic carbocycles. The van der Waals surface area contributed by atoms with E-state index >= 15 is 0 Å². The molecule has 3 aliphatic heterocycles. The van der Waals surface area contributed by atoms with Gasteiger partial charge in [0.25, 0.3) is 0 Å². The van der Waals surface area contributed by atoms with Gasteiger partial charge in [0.15, 0.2) is 11.6 Å². The van der Waals surface area contributed by atoms with Gasteiger partial charge in [-0.1, -0.05) is 23.2 Å². The van der Waals surface area contributed by atoms with Crippen molar-refractivity contribution in [3.05, 3.63) is 57.6 Å². The molecular formula is C23H25Cl2FN4O3. The van der Waals surface area contributed by atoms with E-state index in [4.69, 9.17) is 43.1 Å². The second kappa shape index (κ2) is 8.92. The highest BCUT2D eigenvalue weighted by Crippen LogP contribution is 2.38. The maximum Gasteiger partial charge on any atom is 0.166 e. The Kier molecular flexibility index (Phi) is 6.13.